The van der Waals surface area contributed by atoms with Crippen LogP contribution < -0.4 is 5.32 Å². The zero-order chi connectivity index (χ0) is 15.4. The Hall–Kier alpha value is -1.32. The van der Waals surface area contributed by atoms with Crippen LogP contribution in [0.2, 0.25) is 5.02 Å². The van der Waals surface area contributed by atoms with Gasteiger partial charge in [-0.05, 0) is 30.5 Å². The summed E-state index contributed by atoms with van der Waals surface area (Å²) in [6, 6.07) is 8.65. The Kier molecular flexibility index (Phi) is 5.43. The first-order chi connectivity index (χ1) is 10.1. The van der Waals surface area contributed by atoms with Crippen molar-refractivity contribution in [1.29, 1.82) is 0 Å². The monoisotopic (exact) mass is 305 g/mol. The van der Waals surface area contributed by atoms with Gasteiger partial charge in [0, 0.05) is 18.3 Å². The molecule has 1 heterocycles. The molecule has 0 aliphatic heterocycles. The van der Waals surface area contributed by atoms with E-state index in [-0.39, 0.29) is 0 Å². The molecule has 3 nitrogen and oxygen atoms in total. The summed E-state index contributed by atoms with van der Waals surface area (Å²) in [4.78, 5) is 0. The van der Waals surface area contributed by atoms with Gasteiger partial charge in [0.25, 0.3) is 0 Å². The number of halogens is 1. The quantitative estimate of drug-likeness (QED) is 0.869. The Morgan fingerprint density at radius 3 is 2.62 bits per heavy atom. The third-order valence-electron chi connectivity index (χ3n) is 3.54. The minimum atomic E-state index is 0.436. The van der Waals surface area contributed by atoms with Gasteiger partial charge in [0.15, 0.2) is 0 Å². The van der Waals surface area contributed by atoms with Crippen LogP contribution in [-0.2, 0) is 19.4 Å². The van der Waals surface area contributed by atoms with Gasteiger partial charge in [-0.15, -0.1) is 0 Å². The Morgan fingerprint density at radius 1 is 1.24 bits per heavy atom. The second-order valence-electron chi connectivity index (χ2n) is 5.53. The van der Waals surface area contributed by atoms with Gasteiger partial charge in [-0.25, -0.2) is 4.68 Å². The molecule has 2 rings (SSSR count). The van der Waals surface area contributed by atoms with E-state index in [1.165, 1.54) is 11.3 Å². The van der Waals surface area contributed by atoms with Gasteiger partial charge in [0.2, 0.25) is 0 Å². The maximum Gasteiger partial charge on any atom is 0.0879 e. The number of hydrogen-bond donors (Lipinski definition) is 1. The third-order valence-corrected chi connectivity index (χ3v) is 3.85. The highest BCUT2D eigenvalue weighted by Crippen LogP contribution is 2.26. The smallest absolute Gasteiger partial charge is 0.0879 e. The predicted octanol–water partition coefficient (Wildman–Crippen LogP) is 4.15. The SMILES string of the molecule is CCc1cc(CC)n(-c2c(Cl)cccc2CNC(C)C)n1. The molecule has 0 amide bonds. The van der Waals surface area contributed by atoms with Crippen LogP contribution in [0.4, 0.5) is 0 Å². The van der Waals surface area contributed by atoms with Crippen molar-refractivity contribution in [3.8, 4) is 5.69 Å². The van der Waals surface area contributed by atoms with Crippen molar-refractivity contribution in [3.05, 3.63) is 46.2 Å². The van der Waals surface area contributed by atoms with Crippen LogP contribution in [0.25, 0.3) is 5.69 Å². The largest absolute Gasteiger partial charge is 0.310 e. The fourth-order valence-electron chi connectivity index (χ4n) is 2.35. The van der Waals surface area contributed by atoms with Crippen molar-refractivity contribution < 1.29 is 0 Å². The van der Waals surface area contributed by atoms with E-state index in [0.29, 0.717) is 6.04 Å². The summed E-state index contributed by atoms with van der Waals surface area (Å²) in [7, 11) is 0. The Labute approximate surface area is 132 Å². The number of benzene rings is 1. The highest BCUT2D eigenvalue weighted by atomic mass is 35.5. The molecule has 1 N–H and O–H groups in total. The summed E-state index contributed by atoms with van der Waals surface area (Å²) in [5.41, 5.74) is 4.49. The molecular weight excluding hydrogens is 282 g/mol. The number of rotatable bonds is 6. The third kappa shape index (κ3) is 3.66. The van der Waals surface area contributed by atoms with Gasteiger partial charge in [-0.2, -0.15) is 5.10 Å². The minimum Gasteiger partial charge on any atom is -0.310 e. The standard InChI is InChI=1S/C17H24ClN3/c1-5-14-10-15(6-2)21(20-14)17-13(11-19-12(3)4)8-7-9-16(17)18/h7-10,12,19H,5-6,11H2,1-4H3. The molecule has 0 spiro atoms. The van der Waals surface area contributed by atoms with E-state index in [1.807, 2.05) is 16.8 Å². The van der Waals surface area contributed by atoms with E-state index in [9.17, 15) is 0 Å². The number of para-hydroxylation sites is 1. The van der Waals surface area contributed by atoms with Crippen molar-refractivity contribution in [2.24, 2.45) is 0 Å². The molecule has 0 aliphatic rings. The van der Waals surface area contributed by atoms with Crippen LogP contribution in [0.15, 0.2) is 24.3 Å². The van der Waals surface area contributed by atoms with Crippen LogP contribution in [0, 0.1) is 0 Å². The summed E-state index contributed by atoms with van der Waals surface area (Å²) in [5, 5.41) is 8.93. The molecule has 1 aromatic carbocycles. The number of nitrogens with one attached hydrogen (secondary N) is 1. The normalized spacial score (nSPS) is 11.3. The molecule has 0 unspecified atom stereocenters. The van der Waals surface area contributed by atoms with Crippen LogP contribution in [0.1, 0.15) is 44.6 Å². The molecule has 0 bridgehead atoms. The maximum atomic E-state index is 6.47. The first kappa shape index (κ1) is 16.1. The molecule has 0 fully saturated rings. The number of aromatic nitrogens is 2. The fraction of sp³-hybridized carbons (Fsp3) is 0.471. The van der Waals surface area contributed by atoms with E-state index in [0.717, 1.165) is 35.8 Å². The van der Waals surface area contributed by atoms with Crippen molar-refractivity contribution in [1.82, 2.24) is 15.1 Å². The van der Waals surface area contributed by atoms with Crippen LogP contribution >= 0.6 is 11.6 Å². The molecule has 2 aromatic rings. The fourth-order valence-corrected chi connectivity index (χ4v) is 2.62. The Morgan fingerprint density at radius 2 is 2.00 bits per heavy atom. The first-order valence-electron chi connectivity index (χ1n) is 7.65. The lowest BCUT2D eigenvalue weighted by Gasteiger charge is -2.15. The van der Waals surface area contributed by atoms with Crippen molar-refractivity contribution in [2.75, 3.05) is 0 Å². The highest BCUT2D eigenvalue weighted by Gasteiger charge is 2.14. The second-order valence-corrected chi connectivity index (χ2v) is 5.94. The molecule has 114 valence electrons. The number of hydrogen-bond acceptors (Lipinski definition) is 2. The lowest BCUT2D eigenvalue weighted by atomic mass is 10.1. The average molecular weight is 306 g/mol. The zero-order valence-electron chi connectivity index (χ0n) is 13.3. The van der Waals surface area contributed by atoms with E-state index in [2.05, 4.69) is 45.1 Å². The van der Waals surface area contributed by atoms with Crippen LogP contribution in [0.5, 0.6) is 0 Å². The highest BCUT2D eigenvalue weighted by molar-refractivity contribution is 6.32. The van der Waals surface area contributed by atoms with Crippen molar-refractivity contribution in [2.45, 2.75) is 53.1 Å². The molecule has 0 atom stereocenters. The van der Waals surface area contributed by atoms with Gasteiger partial charge in [0.1, 0.15) is 0 Å². The van der Waals surface area contributed by atoms with Gasteiger partial charge in [-0.3, -0.25) is 0 Å². The van der Waals surface area contributed by atoms with Gasteiger partial charge in [0.05, 0.1) is 16.4 Å². The van der Waals surface area contributed by atoms with Gasteiger partial charge < -0.3 is 5.32 Å². The van der Waals surface area contributed by atoms with Gasteiger partial charge in [-0.1, -0.05) is 51.4 Å². The van der Waals surface area contributed by atoms with Crippen LogP contribution in [0.3, 0.4) is 0 Å². The number of aryl methyl sites for hydroxylation is 2. The molecule has 0 saturated carbocycles. The molecule has 0 radical (unpaired) electrons. The molecule has 4 heteroatoms. The summed E-state index contributed by atoms with van der Waals surface area (Å²) >= 11 is 6.47. The van der Waals surface area contributed by atoms with E-state index >= 15 is 0 Å². The van der Waals surface area contributed by atoms with Crippen LogP contribution in [-0.4, -0.2) is 15.8 Å². The predicted molar refractivity (Wildman–Crippen MR) is 89.3 cm³/mol. The summed E-state index contributed by atoms with van der Waals surface area (Å²) in [6.07, 6.45) is 1.87. The Bertz CT molecular complexity index is 602. The lowest BCUT2D eigenvalue weighted by molar-refractivity contribution is 0.586. The average Bonchev–Trinajstić information content (AvgIpc) is 2.88. The second kappa shape index (κ2) is 7.10. The van der Waals surface area contributed by atoms with E-state index in [1.54, 1.807) is 0 Å². The molecule has 1 aromatic heterocycles. The summed E-state index contributed by atoms with van der Waals surface area (Å²) < 4.78 is 2.01. The van der Waals surface area contributed by atoms with Crippen molar-refractivity contribution >= 4 is 11.6 Å². The topological polar surface area (TPSA) is 29.9 Å². The summed E-state index contributed by atoms with van der Waals surface area (Å²) in [6.45, 7) is 9.35. The summed E-state index contributed by atoms with van der Waals surface area (Å²) in [5.74, 6) is 0. The molecule has 0 aliphatic carbocycles. The zero-order valence-corrected chi connectivity index (χ0v) is 14.0. The molecule has 0 saturated heterocycles. The lowest BCUT2D eigenvalue weighted by Crippen LogP contribution is -2.23. The number of nitrogens with zero attached hydrogens (tertiary/aromatic N) is 2. The van der Waals surface area contributed by atoms with E-state index < -0.39 is 0 Å². The van der Waals surface area contributed by atoms with Gasteiger partial charge >= 0.3 is 0 Å². The van der Waals surface area contributed by atoms with E-state index in [4.69, 9.17) is 16.7 Å². The minimum absolute atomic E-state index is 0.436. The Balaban J connectivity index is 2.49. The van der Waals surface area contributed by atoms with Crippen molar-refractivity contribution in [3.63, 3.8) is 0 Å². The maximum absolute atomic E-state index is 6.47. The molecule has 21 heavy (non-hydrogen) atoms. The first-order valence-corrected chi connectivity index (χ1v) is 8.03. The molecular formula is C17H24ClN3.